The van der Waals surface area contributed by atoms with Crippen LogP contribution in [0.2, 0.25) is 5.02 Å². The van der Waals surface area contributed by atoms with E-state index in [1.807, 2.05) is 0 Å². The first-order chi connectivity index (χ1) is 11.0. The van der Waals surface area contributed by atoms with E-state index >= 15 is 0 Å². The van der Waals surface area contributed by atoms with Gasteiger partial charge in [0.15, 0.2) is 0 Å². The van der Waals surface area contributed by atoms with Gasteiger partial charge in [0.25, 0.3) is 11.1 Å². The maximum atomic E-state index is 12.4. The zero-order valence-electron chi connectivity index (χ0n) is 12.3. The number of carbonyl (C=O) groups excluding carboxylic acids is 3. The van der Waals surface area contributed by atoms with Crippen LogP contribution in [0.3, 0.4) is 0 Å². The van der Waals surface area contributed by atoms with Gasteiger partial charge in [-0.25, -0.2) is 0 Å². The summed E-state index contributed by atoms with van der Waals surface area (Å²) in [5.74, 6) is -0.596. The molecule has 1 aromatic carbocycles. The van der Waals surface area contributed by atoms with Crippen LogP contribution in [-0.2, 0) is 9.59 Å². The van der Waals surface area contributed by atoms with Crippen LogP contribution < -0.4 is 0 Å². The first-order valence-corrected chi connectivity index (χ1v) is 8.53. The fraction of sp³-hybridized carbons (Fsp3) is 0.312. The van der Waals surface area contributed by atoms with Crippen molar-refractivity contribution in [3.05, 3.63) is 39.8 Å². The van der Waals surface area contributed by atoms with Crippen LogP contribution in [0.1, 0.15) is 18.4 Å². The van der Waals surface area contributed by atoms with Crippen LogP contribution in [0.15, 0.2) is 29.2 Å². The van der Waals surface area contributed by atoms with E-state index in [0.717, 1.165) is 35.1 Å². The van der Waals surface area contributed by atoms with E-state index in [-0.39, 0.29) is 12.5 Å². The summed E-state index contributed by atoms with van der Waals surface area (Å²) in [6.45, 7) is 1.22. The number of amides is 3. The molecule has 0 radical (unpaired) electrons. The fourth-order valence-electron chi connectivity index (χ4n) is 2.59. The number of hydrogen-bond donors (Lipinski definition) is 0. The zero-order chi connectivity index (χ0) is 16.4. The molecule has 0 bridgehead atoms. The minimum atomic E-state index is -0.424. The second-order valence-electron chi connectivity index (χ2n) is 5.41. The number of hydrogen-bond acceptors (Lipinski definition) is 4. The molecule has 0 atom stereocenters. The molecular formula is C16H15ClN2O3S. The normalized spacial score (nSPS) is 20.0. The third-order valence-corrected chi connectivity index (χ3v) is 4.91. The topological polar surface area (TPSA) is 57.7 Å². The van der Waals surface area contributed by atoms with Crippen LogP contribution >= 0.6 is 23.4 Å². The van der Waals surface area contributed by atoms with Crippen molar-refractivity contribution in [3.63, 3.8) is 0 Å². The number of halogens is 1. The first-order valence-electron chi connectivity index (χ1n) is 7.33. The summed E-state index contributed by atoms with van der Waals surface area (Å²) in [6.07, 6.45) is 3.57. The van der Waals surface area contributed by atoms with Gasteiger partial charge in [0.2, 0.25) is 5.91 Å². The molecule has 0 aliphatic carbocycles. The molecule has 1 aromatic rings. The summed E-state index contributed by atoms with van der Waals surface area (Å²) in [6, 6.07) is 7.02. The molecule has 0 spiro atoms. The Balaban J connectivity index is 1.73. The van der Waals surface area contributed by atoms with E-state index in [9.17, 15) is 14.4 Å². The highest BCUT2D eigenvalue weighted by Crippen LogP contribution is 2.32. The highest BCUT2D eigenvalue weighted by molar-refractivity contribution is 8.18. The summed E-state index contributed by atoms with van der Waals surface area (Å²) in [5.41, 5.74) is 0.744. The van der Waals surface area contributed by atoms with Gasteiger partial charge in [0.05, 0.1) is 4.91 Å². The lowest BCUT2D eigenvalue weighted by molar-refractivity contribution is -0.135. The van der Waals surface area contributed by atoms with Crippen molar-refractivity contribution in [2.75, 3.05) is 19.6 Å². The lowest BCUT2D eigenvalue weighted by atomic mass is 10.2. The molecule has 2 fully saturated rings. The Hall–Kier alpha value is -1.79. The SMILES string of the molecule is O=C(CN1C(=O)S/C(=C/c2cccc(Cl)c2)C1=O)N1CCCC1. The Morgan fingerprint density at radius 3 is 2.70 bits per heavy atom. The highest BCUT2D eigenvalue weighted by Gasteiger charge is 2.37. The van der Waals surface area contributed by atoms with Crippen molar-refractivity contribution in [2.24, 2.45) is 0 Å². The molecule has 23 heavy (non-hydrogen) atoms. The first kappa shape index (κ1) is 16.1. The van der Waals surface area contributed by atoms with Crippen molar-refractivity contribution >= 4 is 46.5 Å². The summed E-state index contributed by atoms with van der Waals surface area (Å²) in [5, 5.41) is 0.151. The second-order valence-corrected chi connectivity index (χ2v) is 6.84. The average Bonchev–Trinajstić information content (AvgIpc) is 3.12. The Morgan fingerprint density at radius 2 is 2.00 bits per heavy atom. The van der Waals surface area contributed by atoms with Crippen molar-refractivity contribution in [1.29, 1.82) is 0 Å². The molecule has 3 rings (SSSR count). The molecule has 2 heterocycles. The molecule has 2 aliphatic rings. The molecule has 2 aliphatic heterocycles. The van der Waals surface area contributed by atoms with Gasteiger partial charge in [-0.1, -0.05) is 23.7 Å². The molecule has 2 saturated heterocycles. The van der Waals surface area contributed by atoms with E-state index in [1.54, 1.807) is 35.2 Å². The molecule has 0 unspecified atom stereocenters. The standard InChI is InChI=1S/C16H15ClN2O3S/c17-12-5-3-4-11(8-12)9-13-15(21)19(16(22)23-13)10-14(20)18-6-1-2-7-18/h3-5,8-9H,1-2,6-7,10H2/b13-9+. The smallest absolute Gasteiger partial charge is 0.294 e. The van der Waals surface area contributed by atoms with Gasteiger partial charge in [0.1, 0.15) is 6.54 Å². The number of likely N-dealkylation sites (tertiary alicyclic amines) is 1. The predicted octanol–water partition coefficient (Wildman–Crippen LogP) is 3.00. The quantitative estimate of drug-likeness (QED) is 0.786. The van der Waals surface area contributed by atoms with Crippen LogP contribution in [0, 0.1) is 0 Å². The lowest BCUT2D eigenvalue weighted by Crippen LogP contribution is -2.40. The van der Waals surface area contributed by atoms with Crippen molar-refractivity contribution in [2.45, 2.75) is 12.8 Å². The van der Waals surface area contributed by atoms with E-state index in [1.165, 1.54) is 0 Å². The van der Waals surface area contributed by atoms with E-state index in [4.69, 9.17) is 11.6 Å². The summed E-state index contributed by atoms with van der Waals surface area (Å²) in [4.78, 5) is 39.6. The van der Waals surface area contributed by atoms with Crippen LogP contribution in [-0.4, -0.2) is 46.5 Å². The van der Waals surface area contributed by atoms with Crippen LogP contribution in [0.5, 0.6) is 0 Å². The van der Waals surface area contributed by atoms with Crippen LogP contribution in [0.25, 0.3) is 6.08 Å². The van der Waals surface area contributed by atoms with Gasteiger partial charge in [-0.3, -0.25) is 19.3 Å². The highest BCUT2D eigenvalue weighted by atomic mass is 35.5. The third-order valence-electron chi connectivity index (χ3n) is 3.77. The number of benzene rings is 1. The van der Waals surface area contributed by atoms with Gasteiger partial charge in [-0.15, -0.1) is 0 Å². The lowest BCUT2D eigenvalue weighted by Gasteiger charge is -2.18. The summed E-state index contributed by atoms with van der Waals surface area (Å²) in [7, 11) is 0. The maximum absolute atomic E-state index is 12.4. The second kappa shape index (κ2) is 6.76. The fourth-order valence-corrected chi connectivity index (χ4v) is 3.62. The largest absolute Gasteiger partial charge is 0.341 e. The molecule has 5 nitrogen and oxygen atoms in total. The zero-order valence-corrected chi connectivity index (χ0v) is 13.9. The van der Waals surface area contributed by atoms with Crippen LogP contribution in [0.4, 0.5) is 4.79 Å². The van der Waals surface area contributed by atoms with Gasteiger partial charge in [0, 0.05) is 18.1 Å². The van der Waals surface area contributed by atoms with Crippen molar-refractivity contribution in [3.8, 4) is 0 Å². The minimum Gasteiger partial charge on any atom is -0.341 e. The Kier molecular flexibility index (Phi) is 4.73. The maximum Gasteiger partial charge on any atom is 0.294 e. The third kappa shape index (κ3) is 3.59. The minimum absolute atomic E-state index is 0.172. The number of nitrogens with zero attached hydrogens (tertiary/aromatic N) is 2. The van der Waals surface area contributed by atoms with Gasteiger partial charge < -0.3 is 4.90 Å². The summed E-state index contributed by atoms with van der Waals surface area (Å²) < 4.78 is 0. The molecule has 0 aromatic heterocycles. The Bertz CT molecular complexity index is 698. The number of thioether (sulfide) groups is 1. The van der Waals surface area contributed by atoms with E-state index < -0.39 is 11.1 Å². The van der Waals surface area contributed by atoms with Gasteiger partial charge in [-0.05, 0) is 48.4 Å². The van der Waals surface area contributed by atoms with E-state index in [0.29, 0.717) is 23.0 Å². The predicted molar refractivity (Wildman–Crippen MR) is 89.9 cm³/mol. The Morgan fingerprint density at radius 1 is 1.26 bits per heavy atom. The molecular weight excluding hydrogens is 336 g/mol. The van der Waals surface area contributed by atoms with Gasteiger partial charge >= 0.3 is 0 Å². The molecule has 120 valence electrons. The van der Waals surface area contributed by atoms with Crippen molar-refractivity contribution in [1.82, 2.24) is 9.80 Å². The molecule has 7 heteroatoms. The van der Waals surface area contributed by atoms with E-state index in [2.05, 4.69) is 0 Å². The number of rotatable bonds is 3. The Labute approximate surface area is 143 Å². The average molecular weight is 351 g/mol. The molecule has 0 N–H and O–H groups in total. The number of imide groups is 1. The molecule has 0 saturated carbocycles. The van der Waals surface area contributed by atoms with Gasteiger partial charge in [-0.2, -0.15) is 0 Å². The monoisotopic (exact) mass is 350 g/mol. The molecule has 3 amide bonds. The van der Waals surface area contributed by atoms with Crippen molar-refractivity contribution < 1.29 is 14.4 Å². The summed E-state index contributed by atoms with van der Waals surface area (Å²) >= 11 is 6.77. The number of carbonyl (C=O) groups is 3.